The van der Waals surface area contributed by atoms with Crippen LogP contribution < -0.4 is 9.62 Å². The monoisotopic (exact) mass is 363 g/mol. The molecule has 25 heavy (non-hydrogen) atoms. The minimum absolute atomic E-state index is 0.248. The number of anilines is 2. The molecular weight excluding hydrogens is 338 g/mol. The van der Waals surface area contributed by atoms with Crippen molar-refractivity contribution in [3.8, 4) is 0 Å². The lowest BCUT2D eigenvalue weighted by Crippen LogP contribution is -2.44. The second-order valence-electron chi connectivity index (χ2n) is 6.57. The summed E-state index contributed by atoms with van der Waals surface area (Å²) in [7, 11) is 0.212. The summed E-state index contributed by atoms with van der Waals surface area (Å²) in [6.07, 6.45) is 0. The third kappa shape index (κ3) is 3.64. The molecule has 1 saturated heterocycles. The Morgan fingerprint density at radius 3 is 2.12 bits per heavy atom. The van der Waals surface area contributed by atoms with E-state index in [0.29, 0.717) is 17.1 Å². The first-order valence-corrected chi connectivity index (χ1v) is 9.83. The number of aryl methyl sites for hydroxylation is 2. The Morgan fingerprint density at radius 1 is 1.00 bits per heavy atom. The normalized spacial score (nSPS) is 16.2. The van der Waals surface area contributed by atoms with Gasteiger partial charge in [-0.3, -0.25) is 9.40 Å². The molecule has 2 heterocycles. The van der Waals surface area contributed by atoms with Gasteiger partial charge < -0.3 is 9.80 Å². The van der Waals surface area contributed by atoms with Crippen molar-refractivity contribution < 1.29 is 8.42 Å². The van der Waals surface area contributed by atoms with Gasteiger partial charge in [0.2, 0.25) is 0 Å². The third-order valence-corrected chi connectivity index (χ3v) is 6.33. The van der Waals surface area contributed by atoms with Crippen LogP contribution in [0.3, 0.4) is 0 Å². The molecule has 2 aromatic rings. The standard InChI is InChI=1S/C17H25N5O2S/c1-13-17(14(2)21(4)18-13)25(23,24)19-15-5-7-16(8-6-15)22-11-9-20(3)10-12-22/h5-8,19H,9-12H2,1-4H3. The molecule has 3 rings (SSSR count). The molecule has 0 spiro atoms. The highest BCUT2D eigenvalue weighted by Crippen LogP contribution is 2.24. The summed E-state index contributed by atoms with van der Waals surface area (Å²) in [5, 5.41) is 4.19. The van der Waals surface area contributed by atoms with Crippen LogP contribution in [-0.2, 0) is 17.1 Å². The number of benzene rings is 1. The van der Waals surface area contributed by atoms with Gasteiger partial charge in [0.25, 0.3) is 10.0 Å². The van der Waals surface area contributed by atoms with Gasteiger partial charge in [-0.25, -0.2) is 8.42 Å². The van der Waals surface area contributed by atoms with Crippen LogP contribution in [-0.4, -0.2) is 56.3 Å². The second kappa shape index (κ2) is 6.68. The molecule has 0 unspecified atom stereocenters. The second-order valence-corrected chi connectivity index (χ2v) is 8.19. The first-order chi connectivity index (χ1) is 11.8. The van der Waals surface area contributed by atoms with E-state index in [-0.39, 0.29) is 4.90 Å². The number of nitrogens with one attached hydrogen (secondary N) is 1. The highest BCUT2D eigenvalue weighted by molar-refractivity contribution is 7.92. The van der Waals surface area contributed by atoms with E-state index in [1.165, 1.54) is 0 Å². The van der Waals surface area contributed by atoms with E-state index in [1.54, 1.807) is 25.6 Å². The predicted molar refractivity (Wildman–Crippen MR) is 99.6 cm³/mol. The number of hydrogen-bond acceptors (Lipinski definition) is 5. The molecule has 1 aromatic carbocycles. The predicted octanol–water partition coefficient (Wildman–Crippen LogP) is 1.59. The van der Waals surface area contributed by atoms with Crippen LogP contribution >= 0.6 is 0 Å². The largest absolute Gasteiger partial charge is 0.369 e. The van der Waals surface area contributed by atoms with Crippen molar-refractivity contribution >= 4 is 21.4 Å². The maximum Gasteiger partial charge on any atom is 0.265 e. The van der Waals surface area contributed by atoms with Crippen molar-refractivity contribution in [2.75, 3.05) is 42.8 Å². The molecule has 8 heteroatoms. The van der Waals surface area contributed by atoms with E-state index < -0.39 is 10.0 Å². The fraction of sp³-hybridized carbons (Fsp3) is 0.471. The van der Waals surface area contributed by atoms with Gasteiger partial charge in [0.05, 0.1) is 11.4 Å². The highest BCUT2D eigenvalue weighted by atomic mass is 32.2. The van der Waals surface area contributed by atoms with Gasteiger partial charge in [-0.1, -0.05) is 0 Å². The third-order valence-electron chi connectivity index (χ3n) is 4.70. The fourth-order valence-corrected chi connectivity index (χ4v) is 4.65. The minimum Gasteiger partial charge on any atom is -0.369 e. The van der Waals surface area contributed by atoms with Crippen LogP contribution in [0.2, 0.25) is 0 Å². The molecule has 0 atom stereocenters. The van der Waals surface area contributed by atoms with Crippen LogP contribution in [0.4, 0.5) is 11.4 Å². The van der Waals surface area contributed by atoms with E-state index in [4.69, 9.17) is 0 Å². The number of hydrogen-bond donors (Lipinski definition) is 1. The van der Waals surface area contributed by atoms with Crippen molar-refractivity contribution in [3.05, 3.63) is 35.7 Å². The van der Waals surface area contributed by atoms with Crippen LogP contribution in [0, 0.1) is 13.8 Å². The molecule has 0 bridgehead atoms. The molecule has 7 nitrogen and oxygen atoms in total. The van der Waals surface area contributed by atoms with Crippen LogP contribution in [0.15, 0.2) is 29.2 Å². The molecule has 136 valence electrons. The molecule has 0 aliphatic carbocycles. The summed E-state index contributed by atoms with van der Waals surface area (Å²) in [5.41, 5.74) is 2.80. The van der Waals surface area contributed by atoms with Crippen molar-refractivity contribution in [1.82, 2.24) is 14.7 Å². The van der Waals surface area contributed by atoms with Crippen molar-refractivity contribution in [2.24, 2.45) is 7.05 Å². The summed E-state index contributed by atoms with van der Waals surface area (Å²) >= 11 is 0. The molecule has 0 radical (unpaired) electrons. The number of nitrogens with zero attached hydrogens (tertiary/aromatic N) is 4. The van der Waals surface area contributed by atoms with Gasteiger partial charge in [0, 0.05) is 44.6 Å². The molecule has 1 aromatic heterocycles. The number of piperazine rings is 1. The number of likely N-dealkylation sites (N-methyl/N-ethyl adjacent to an activating group) is 1. The first-order valence-electron chi connectivity index (χ1n) is 8.34. The van der Waals surface area contributed by atoms with Gasteiger partial charge >= 0.3 is 0 Å². The SMILES string of the molecule is Cc1nn(C)c(C)c1S(=O)(=O)Nc1ccc(N2CCN(C)CC2)cc1. The van der Waals surface area contributed by atoms with Crippen LogP contribution in [0.5, 0.6) is 0 Å². The molecule has 1 aliphatic rings. The Morgan fingerprint density at radius 2 is 1.60 bits per heavy atom. The van der Waals surface area contributed by atoms with E-state index in [0.717, 1.165) is 31.9 Å². The summed E-state index contributed by atoms with van der Waals surface area (Å²) in [5.74, 6) is 0. The van der Waals surface area contributed by atoms with Crippen molar-refractivity contribution in [3.63, 3.8) is 0 Å². The molecule has 1 aliphatic heterocycles. The van der Waals surface area contributed by atoms with Gasteiger partial charge in [-0.15, -0.1) is 0 Å². The Bertz CT molecular complexity index is 850. The lowest BCUT2D eigenvalue weighted by atomic mass is 10.2. The summed E-state index contributed by atoms with van der Waals surface area (Å²) in [4.78, 5) is 4.86. The maximum atomic E-state index is 12.7. The topological polar surface area (TPSA) is 70.5 Å². The zero-order valence-corrected chi connectivity index (χ0v) is 16.0. The Hall–Kier alpha value is -2.06. The zero-order chi connectivity index (χ0) is 18.2. The first kappa shape index (κ1) is 17.8. The smallest absolute Gasteiger partial charge is 0.265 e. The maximum absolute atomic E-state index is 12.7. The zero-order valence-electron chi connectivity index (χ0n) is 15.2. The average molecular weight is 363 g/mol. The van der Waals surface area contributed by atoms with Gasteiger partial charge in [0.15, 0.2) is 0 Å². The Balaban J connectivity index is 1.77. The van der Waals surface area contributed by atoms with E-state index in [2.05, 4.69) is 26.7 Å². The molecule has 1 fully saturated rings. The summed E-state index contributed by atoms with van der Waals surface area (Å²) < 4.78 is 29.6. The average Bonchev–Trinajstić information content (AvgIpc) is 2.82. The summed E-state index contributed by atoms with van der Waals surface area (Å²) in [6, 6.07) is 7.55. The van der Waals surface area contributed by atoms with Crippen LogP contribution in [0.25, 0.3) is 0 Å². The van der Waals surface area contributed by atoms with Gasteiger partial charge in [-0.05, 0) is 45.2 Å². The molecule has 1 N–H and O–H groups in total. The summed E-state index contributed by atoms with van der Waals surface area (Å²) in [6.45, 7) is 7.50. The fourth-order valence-electron chi connectivity index (χ4n) is 3.15. The Labute approximate surface area is 149 Å². The van der Waals surface area contributed by atoms with Crippen molar-refractivity contribution in [1.29, 1.82) is 0 Å². The number of aromatic nitrogens is 2. The number of rotatable bonds is 4. The highest BCUT2D eigenvalue weighted by Gasteiger charge is 2.24. The van der Waals surface area contributed by atoms with Crippen LogP contribution in [0.1, 0.15) is 11.4 Å². The molecular formula is C17H25N5O2S. The lowest BCUT2D eigenvalue weighted by Gasteiger charge is -2.34. The van der Waals surface area contributed by atoms with E-state index in [9.17, 15) is 8.42 Å². The molecule has 0 amide bonds. The van der Waals surface area contributed by atoms with Gasteiger partial charge in [-0.2, -0.15) is 5.10 Å². The minimum atomic E-state index is -3.65. The Kier molecular flexibility index (Phi) is 4.75. The van der Waals surface area contributed by atoms with Crippen molar-refractivity contribution in [2.45, 2.75) is 18.7 Å². The quantitative estimate of drug-likeness (QED) is 0.893. The van der Waals surface area contributed by atoms with E-state index in [1.807, 2.05) is 24.3 Å². The lowest BCUT2D eigenvalue weighted by molar-refractivity contribution is 0.313. The van der Waals surface area contributed by atoms with Gasteiger partial charge in [0.1, 0.15) is 4.90 Å². The molecule has 0 saturated carbocycles. The van der Waals surface area contributed by atoms with E-state index >= 15 is 0 Å². The number of sulfonamides is 1.